The van der Waals surface area contributed by atoms with Gasteiger partial charge in [0.2, 0.25) is 6.33 Å². The molecule has 0 saturated heterocycles. The first-order valence-corrected chi connectivity index (χ1v) is 9.26. The normalized spacial score (nSPS) is 10.4. The number of ether oxygens (including phenoxy) is 2. The molecule has 4 N–H and O–H groups in total. The Morgan fingerprint density at radius 2 is 1.48 bits per heavy atom. The molecule has 0 fully saturated rings. The topological polar surface area (TPSA) is 126 Å². The van der Waals surface area contributed by atoms with E-state index in [9.17, 15) is 19.8 Å². The Balaban J connectivity index is 1.57. The predicted octanol–water partition coefficient (Wildman–Crippen LogP) is 1.48. The van der Waals surface area contributed by atoms with E-state index in [2.05, 4.69) is 10.6 Å². The maximum Gasteiger partial charge on any atom is 0.266 e. The number of hydrogen-bond donors (Lipinski definition) is 4. The fraction of sp³-hybridized carbons (Fsp3) is 0.190. The van der Waals surface area contributed by atoms with Crippen molar-refractivity contribution in [1.82, 2.24) is 4.57 Å². The number of aromatic hydroxyl groups is 2. The summed E-state index contributed by atoms with van der Waals surface area (Å²) in [5.74, 6) is 0.123. The minimum absolute atomic E-state index is 0.0259. The number of aromatic nitrogens is 2. The number of amides is 2. The lowest BCUT2D eigenvalue weighted by molar-refractivity contribution is -0.683. The first kappa shape index (κ1) is 21.5. The van der Waals surface area contributed by atoms with Crippen LogP contribution in [-0.2, 0) is 22.7 Å². The van der Waals surface area contributed by atoms with Crippen LogP contribution >= 0.6 is 0 Å². The van der Waals surface area contributed by atoms with Crippen molar-refractivity contribution in [3.05, 3.63) is 55.1 Å². The number of methoxy groups -OCH3 is 2. The second-order valence-electron chi connectivity index (χ2n) is 6.62. The molecule has 0 unspecified atom stereocenters. The summed E-state index contributed by atoms with van der Waals surface area (Å²) in [5, 5.41) is 25.0. The van der Waals surface area contributed by atoms with Crippen LogP contribution in [-0.4, -0.2) is 40.8 Å². The van der Waals surface area contributed by atoms with Gasteiger partial charge in [-0.25, -0.2) is 9.13 Å². The maximum absolute atomic E-state index is 12.3. The average Bonchev–Trinajstić information content (AvgIpc) is 3.17. The number of rotatable bonds is 8. The van der Waals surface area contributed by atoms with Crippen molar-refractivity contribution in [3.63, 3.8) is 0 Å². The van der Waals surface area contributed by atoms with E-state index >= 15 is 0 Å². The van der Waals surface area contributed by atoms with Gasteiger partial charge in [-0.05, 0) is 24.3 Å². The van der Waals surface area contributed by atoms with Crippen molar-refractivity contribution < 1.29 is 33.8 Å². The third-order valence-electron chi connectivity index (χ3n) is 4.35. The van der Waals surface area contributed by atoms with Crippen LogP contribution in [0.2, 0.25) is 0 Å². The molecule has 0 aliphatic heterocycles. The van der Waals surface area contributed by atoms with Crippen LogP contribution < -0.4 is 24.7 Å². The molecule has 2 aromatic carbocycles. The number of nitrogens with one attached hydrogen (secondary N) is 2. The Morgan fingerprint density at radius 1 is 0.935 bits per heavy atom. The third-order valence-corrected chi connectivity index (χ3v) is 4.35. The molecule has 3 rings (SSSR count). The van der Waals surface area contributed by atoms with E-state index in [-0.39, 0.29) is 47.8 Å². The smallest absolute Gasteiger partial charge is 0.266 e. The summed E-state index contributed by atoms with van der Waals surface area (Å²) < 4.78 is 13.3. The number of carbonyl (C=O) groups is 2. The molecule has 0 atom stereocenters. The lowest BCUT2D eigenvalue weighted by Crippen LogP contribution is -2.38. The van der Waals surface area contributed by atoms with Gasteiger partial charge >= 0.3 is 0 Å². The van der Waals surface area contributed by atoms with Crippen molar-refractivity contribution in [2.75, 3.05) is 24.9 Å². The van der Waals surface area contributed by atoms with E-state index in [1.165, 1.54) is 38.5 Å². The number of nitrogens with zero attached hydrogens (tertiary/aromatic N) is 2. The fourth-order valence-corrected chi connectivity index (χ4v) is 2.82. The van der Waals surface area contributed by atoms with E-state index in [1.54, 1.807) is 40.0 Å². The number of carbonyl (C=O) groups excluding carboxylic acids is 2. The standard InChI is InChI=1S/C21H22N4O6/c1-30-14-3-5-18(26)16(9-14)22-20(28)11-24-7-8-25(13-24)12-21(29)23-17-10-15(31-2)4-6-19(17)27/h3-10,13H,11-12H2,1-2H3,(H3-,22,23,26,27,28,29)/p+1. The summed E-state index contributed by atoms with van der Waals surface area (Å²) in [6.45, 7) is -0.0517. The van der Waals surface area contributed by atoms with Crippen molar-refractivity contribution >= 4 is 23.2 Å². The number of imidazole rings is 1. The second-order valence-corrected chi connectivity index (χ2v) is 6.62. The lowest BCUT2D eigenvalue weighted by Gasteiger charge is -2.08. The summed E-state index contributed by atoms with van der Waals surface area (Å²) in [6.07, 6.45) is 4.87. The van der Waals surface area contributed by atoms with Crippen molar-refractivity contribution in [2.24, 2.45) is 0 Å². The Morgan fingerprint density at radius 3 is 2.03 bits per heavy atom. The molecule has 3 aromatic rings. The molecule has 31 heavy (non-hydrogen) atoms. The predicted molar refractivity (Wildman–Crippen MR) is 111 cm³/mol. The average molecular weight is 427 g/mol. The molecule has 1 heterocycles. The van der Waals surface area contributed by atoms with E-state index in [0.29, 0.717) is 11.5 Å². The van der Waals surface area contributed by atoms with Gasteiger partial charge in [0.05, 0.1) is 25.6 Å². The van der Waals surface area contributed by atoms with Gasteiger partial charge in [-0.2, -0.15) is 0 Å². The molecule has 162 valence electrons. The Labute approximate surface area is 178 Å². The van der Waals surface area contributed by atoms with Crippen LogP contribution in [0.1, 0.15) is 0 Å². The third kappa shape index (κ3) is 5.66. The highest BCUT2D eigenvalue weighted by Gasteiger charge is 2.15. The zero-order valence-electron chi connectivity index (χ0n) is 17.0. The molecule has 0 radical (unpaired) electrons. The fourth-order valence-electron chi connectivity index (χ4n) is 2.82. The van der Waals surface area contributed by atoms with Gasteiger partial charge in [-0.1, -0.05) is 0 Å². The van der Waals surface area contributed by atoms with Crippen LogP contribution in [0.5, 0.6) is 23.0 Å². The zero-order chi connectivity index (χ0) is 22.4. The molecule has 0 spiro atoms. The highest BCUT2D eigenvalue weighted by atomic mass is 16.5. The van der Waals surface area contributed by atoms with Crippen molar-refractivity contribution in [2.45, 2.75) is 13.1 Å². The summed E-state index contributed by atoms with van der Waals surface area (Å²) in [7, 11) is 2.98. The van der Waals surface area contributed by atoms with Gasteiger partial charge in [-0.15, -0.1) is 0 Å². The Hall–Kier alpha value is -4.21. The number of phenols is 2. The molecule has 2 amide bonds. The van der Waals surface area contributed by atoms with Crippen molar-refractivity contribution in [3.8, 4) is 23.0 Å². The number of benzene rings is 2. The van der Waals surface area contributed by atoms with Crippen LogP contribution in [0, 0.1) is 0 Å². The first-order valence-electron chi connectivity index (χ1n) is 9.26. The van der Waals surface area contributed by atoms with Crippen LogP contribution in [0.15, 0.2) is 55.1 Å². The quantitative estimate of drug-likeness (QED) is 0.319. The number of phenolic OH excluding ortho intramolecular Hbond substituents is 2. The largest absolute Gasteiger partial charge is 0.506 e. The summed E-state index contributed by atoms with van der Waals surface area (Å²) in [5.41, 5.74) is 0.476. The van der Waals surface area contributed by atoms with E-state index in [0.717, 1.165) is 0 Å². The molecule has 0 aliphatic carbocycles. The molecule has 0 saturated carbocycles. The van der Waals surface area contributed by atoms with Crippen LogP contribution in [0.4, 0.5) is 11.4 Å². The number of anilines is 2. The van der Waals surface area contributed by atoms with Crippen LogP contribution in [0.25, 0.3) is 0 Å². The SMILES string of the molecule is COc1ccc(O)c(NC(=O)Cn2cc[n+](CC(=O)Nc3cc(OC)ccc3O)c2)c1. The zero-order valence-corrected chi connectivity index (χ0v) is 17.0. The van der Waals surface area contributed by atoms with E-state index in [4.69, 9.17) is 9.47 Å². The van der Waals surface area contributed by atoms with E-state index < -0.39 is 0 Å². The van der Waals surface area contributed by atoms with Gasteiger partial charge in [-0.3, -0.25) is 9.59 Å². The minimum Gasteiger partial charge on any atom is -0.506 e. The first-order chi connectivity index (χ1) is 14.9. The molecule has 1 aromatic heterocycles. The maximum atomic E-state index is 12.3. The monoisotopic (exact) mass is 427 g/mol. The Bertz CT molecular complexity index is 1010. The molecular formula is C21H23N4O6+. The molecule has 0 aliphatic rings. The highest BCUT2D eigenvalue weighted by Crippen LogP contribution is 2.28. The van der Waals surface area contributed by atoms with Crippen LogP contribution in [0.3, 0.4) is 0 Å². The molecule has 10 nitrogen and oxygen atoms in total. The summed E-state index contributed by atoms with van der Waals surface area (Å²) >= 11 is 0. The number of hydrogen-bond acceptors (Lipinski definition) is 6. The minimum atomic E-state index is -0.364. The van der Waals surface area contributed by atoms with Gasteiger partial charge in [0.15, 0.2) is 13.1 Å². The Kier molecular flexibility index (Phi) is 6.61. The lowest BCUT2D eigenvalue weighted by atomic mass is 10.2. The highest BCUT2D eigenvalue weighted by molar-refractivity contribution is 5.92. The summed E-state index contributed by atoms with van der Waals surface area (Å²) in [6, 6.07) is 9.04. The van der Waals surface area contributed by atoms with Crippen molar-refractivity contribution in [1.29, 1.82) is 0 Å². The summed E-state index contributed by atoms with van der Waals surface area (Å²) in [4.78, 5) is 24.6. The van der Waals surface area contributed by atoms with Gasteiger partial charge in [0.1, 0.15) is 35.4 Å². The molecular weight excluding hydrogens is 404 g/mol. The van der Waals surface area contributed by atoms with E-state index in [1.807, 2.05) is 0 Å². The second kappa shape index (κ2) is 9.53. The van der Waals surface area contributed by atoms with Gasteiger partial charge in [0.25, 0.3) is 11.8 Å². The van der Waals surface area contributed by atoms with Gasteiger partial charge < -0.3 is 30.3 Å². The molecule has 0 bridgehead atoms. The van der Waals surface area contributed by atoms with Gasteiger partial charge in [0, 0.05) is 12.1 Å². The molecule has 10 heteroatoms.